The fraction of sp³-hybridized carbons (Fsp3) is 0.261. The number of urea groups is 1. The van der Waals surface area contributed by atoms with Crippen molar-refractivity contribution in [2.75, 3.05) is 20.6 Å². The number of benzene rings is 3. The second kappa shape index (κ2) is 9.19. The summed E-state index contributed by atoms with van der Waals surface area (Å²) in [4.78, 5) is 14.3. The summed E-state index contributed by atoms with van der Waals surface area (Å²) in [5.41, 5.74) is 2.39. The van der Waals surface area contributed by atoms with Crippen LogP contribution < -0.4 is 10.6 Å². The molecule has 4 heteroatoms. The lowest BCUT2D eigenvalue weighted by atomic mass is 9.98. The number of likely N-dealkylation sites (N-methyl/N-ethyl adjacent to an activating group) is 1. The highest BCUT2D eigenvalue weighted by Crippen LogP contribution is 2.20. The molecule has 0 fully saturated rings. The van der Waals surface area contributed by atoms with E-state index >= 15 is 0 Å². The van der Waals surface area contributed by atoms with Gasteiger partial charge in [-0.15, -0.1) is 0 Å². The van der Waals surface area contributed by atoms with Crippen molar-refractivity contribution in [1.82, 2.24) is 15.5 Å². The minimum atomic E-state index is -0.136. The molecule has 0 unspecified atom stereocenters. The van der Waals surface area contributed by atoms with Crippen molar-refractivity contribution in [1.29, 1.82) is 0 Å². The van der Waals surface area contributed by atoms with Crippen molar-refractivity contribution in [2.24, 2.45) is 0 Å². The maximum absolute atomic E-state index is 12.2. The quantitative estimate of drug-likeness (QED) is 0.672. The van der Waals surface area contributed by atoms with Crippen molar-refractivity contribution >= 4 is 16.8 Å². The summed E-state index contributed by atoms with van der Waals surface area (Å²) in [6.07, 6.45) is 0.882. The second-order valence-corrected chi connectivity index (χ2v) is 7.01. The third-order valence-electron chi connectivity index (χ3n) is 4.86. The predicted molar refractivity (Wildman–Crippen MR) is 112 cm³/mol. The maximum Gasteiger partial charge on any atom is 0.315 e. The summed E-state index contributed by atoms with van der Waals surface area (Å²) in [5.74, 6) is 0. The van der Waals surface area contributed by atoms with E-state index in [0.29, 0.717) is 13.1 Å². The van der Waals surface area contributed by atoms with Gasteiger partial charge in [0.15, 0.2) is 0 Å². The van der Waals surface area contributed by atoms with E-state index in [2.05, 4.69) is 72.1 Å². The fourth-order valence-electron chi connectivity index (χ4n) is 3.21. The molecule has 3 aromatic carbocycles. The van der Waals surface area contributed by atoms with Gasteiger partial charge in [0, 0.05) is 19.1 Å². The number of carbonyl (C=O) groups excluding carboxylic acids is 1. The Kier molecular flexibility index (Phi) is 6.44. The van der Waals surface area contributed by atoms with E-state index in [9.17, 15) is 4.79 Å². The van der Waals surface area contributed by atoms with E-state index in [1.165, 1.54) is 16.3 Å². The molecule has 3 aromatic rings. The first-order chi connectivity index (χ1) is 13.1. The molecule has 3 rings (SSSR count). The minimum absolute atomic E-state index is 0.136. The number of rotatable bonds is 7. The first-order valence-electron chi connectivity index (χ1n) is 9.32. The first-order valence-corrected chi connectivity index (χ1v) is 9.32. The molecule has 0 bridgehead atoms. The Labute approximate surface area is 161 Å². The van der Waals surface area contributed by atoms with Crippen molar-refractivity contribution in [2.45, 2.75) is 19.0 Å². The number of nitrogens with zero attached hydrogens (tertiary/aromatic N) is 1. The predicted octanol–water partition coefficient (Wildman–Crippen LogP) is 3.81. The van der Waals surface area contributed by atoms with Crippen molar-refractivity contribution in [3.8, 4) is 0 Å². The van der Waals surface area contributed by atoms with Gasteiger partial charge in [0.2, 0.25) is 0 Å². The monoisotopic (exact) mass is 361 g/mol. The van der Waals surface area contributed by atoms with Gasteiger partial charge in [-0.3, -0.25) is 0 Å². The lowest BCUT2D eigenvalue weighted by molar-refractivity contribution is 0.231. The number of nitrogens with one attached hydrogen (secondary N) is 2. The number of hydrogen-bond donors (Lipinski definition) is 2. The molecule has 4 nitrogen and oxygen atoms in total. The highest BCUT2D eigenvalue weighted by molar-refractivity contribution is 5.85. The Balaban J connectivity index is 1.58. The van der Waals surface area contributed by atoms with Crippen molar-refractivity contribution in [3.05, 3.63) is 83.9 Å². The van der Waals surface area contributed by atoms with Gasteiger partial charge in [0.05, 0.1) is 0 Å². The van der Waals surface area contributed by atoms with E-state index < -0.39 is 0 Å². The van der Waals surface area contributed by atoms with E-state index in [1.54, 1.807) is 0 Å². The first kappa shape index (κ1) is 18.9. The Morgan fingerprint density at radius 2 is 1.59 bits per heavy atom. The molecule has 0 saturated carbocycles. The molecule has 0 radical (unpaired) electrons. The van der Waals surface area contributed by atoms with Gasteiger partial charge in [-0.25, -0.2) is 4.79 Å². The number of fused-ring (bicyclic) bond motifs is 1. The average molecular weight is 361 g/mol. The highest BCUT2D eigenvalue weighted by atomic mass is 16.2. The van der Waals surface area contributed by atoms with Crippen LogP contribution in [0, 0.1) is 0 Å². The zero-order valence-corrected chi connectivity index (χ0v) is 16.0. The largest absolute Gasteiger partial charge is 0.337 e. The third kappa shape index (κ3) is 5.31. The summed E-state index contributed by atoms with van der Waals surface area (Å²) in [7, 11) is 4.11. The van der Waals surface area contributed by atoms with Gasteiger partial charge in [-0.1, -0.05) is 72.8 Å². The van der Waals surface area contributed by atoms with Crippen LogP contribution in [-0.2, 0) is 13.0 Å². The zero-order valence-electron chi connectivity index (χ0n) is 16.0. The minimum Gasteiger partial charge on any atom is -0.337 e. The number of carbonyl (C=O) groups is 1. The van der Waals surface area contributed by atoms with Crippen LogP contribution in [0.2, 0.25) is 0 Å². The Bertz CT molecular complexity index is 872. The molecule has 0 aliphatic heterocycles. The summed E-state index contributed by atoms with van der Waals surface area (Å²) in [6, 6.07) is 24.9. The fourth-order valence-corrected chi connectivity index (χ4v) is 3.21. The molecule has 1 atom stereocenters. The summed E-state index contributed by atoms with van der Waals surface area (Å²) in [5, 5.41) is 8.46. The second-order valence-electron chi connectivity index (χ2n) is 7.01. The van der Waals surface area contributed by atoms with E-state index in [-0.39, 0.29) is 12.1 Å². The number of amides is 2. The molecule has 0 aromatic heterocycles. The summed E-state index contributed by atoms with van der Waals surface area (Å²) in [6.45, 7) is 1.12. The molecule has 27 heavy (non-hydrogen) atoms. The van der Waals surface area contributed by atoms with Crippen LogP contribution in [0.4, 0.5) is 4.79 Å². The van der Waals surface area contributed by atoms with Gasteiger partial charge >= 0.3 is 6.03 Å². The van der Waals surface area contributed by atoms with E-state index in [0.717, 1.165) is 12.0 Å². The van der Waals surface area contributed by atoms with Gasteiger partial charge in [-0.05, 0) is 42.4 Å². The Hall–Kier alpha value is -2.85. The standard InChI is InChI=1S/C23H27N3O/c1-26(2)21(15-20-13-8-12-19-11-6-7-14-22(19)20)17-25-23(27)24-16-18-9-4-3-5-10-18/h3-14,21H,15-17H2,1-2H3,(H2,24,25,27)/t21-/m0/s1. The van der Waals surface area contributed by atoms with Crippen molar-refractivity contribution < 1.29 is 4.79 Å². The Morgan fingerprint density at radius 3 is 2.37 bits per heavy atom. The molecule has 0 aliphatic carbocycles. The SMILES string of the molecule is CN(C)[C@H](CNC(=O)NCc1ccccc1)Cc1cccc2ccccc12. The summed E-state index contributed by atoms with van der Waals surface area (Å²) < 4.78 is 0. The topological polar surface area (TPSA) is 44.4 Å². The van der Waals surface area contributed by atoms with Crippen LogP contribution in [0.1, 0.15) is 11.1 Å². The molecule has 2 N–H and O–H groups in total. The third-order valence-corrected chi connectivity index (χ3v) is 4.86. The molecular formula is C23H27N3O. The Morgan fingerprint density at radius 1 is 0.889 bits per heavy atom. The van der Waals surface area contributed by atoms with Gasteiger partial charge < -0.3 is 15.5 Å². The lowest BCUT2D eigenvalue weighted by Crippen LogP contribution is -2.45. The van der Waals surface area contributed by atoms with E-state index in [1.807, 2.05) is 30.3 Å². The molecule has 140 valence electrons. The summed E-state index contributed by atoms with van der Waals surface area (Å²) >= 11 is 0. The smallest absolute Gasteiger partial charge is 0.315 e. The molecule has 0 heterocycles. The van der Waals surface area contributed by atoms with Crippen molar-refractivity contribution in [3.63, 3.8) is 0 Å². The maximum atomic E-state index is 12.2. The normalized spacial score (nSPS) is 12.1. The van der Waals surface area contributed by atoms with Crippen LogP contribution in [-0.4, -0.2) is 37.6 Å². The van der Waals surface area contributed by atoms with Gasteiger partial charge in [0.25, 0.3) is 0 Å². The van der Waals surface area contributed by atoms with Crippen LogP contribution >= 0.6 is 0 Å². The molecular weight excluding hydrogens is 334 g/mol. The van der Waals surface area contributed by atoms with Gasteiger partial charge in [0.1, 0.15) is 0 Å². The van der Waals surface area contributed by atoms with Crippen LogP contribution in [0.25, 0.3) is 10.8 Å². The van der Waals surface area contributed by atoms with Gasteiger partial charge in [-0.2, -0.15) is 0 Å². The van der Waals surface area contributed by atoms with E-state index in [4.69, 9.17) is 0 Å². The highest BCUT2D eigenvalue weighted by Gasteiger charge is 2.15. The zero-order chi connectivity index (χ0) is 19.1. The molecule has 0 saturated heterocycles. The van der Waals surface area contributed by atoms with Crippen LogP contribution in [0.5, 0.6) is 0 Å². The van der Waals surface area contributed by atoms with Crippen LogP contribution in [0.3, 0.4) is 0 Å². The number of hydrogen-bond acceptors (Lipinski definition) is 2. The molecule has 2 amide bonds. The molecule has 0 spiro atoms. The lowest BCUT2D eigenvalue weighted by Gasteiger charge is -2.25. The molecule has 0 aliphatic rings. The average Bonchev–Trinajstić information content (AvgIpc) is 2.70. The van der Waals surface area contributed by atoms with Crippen LogP contribution in [0.15, 0.2) is 72.8 Å².